The molecule has 0 saturated carbocycles. The molecular formula is C20H40O2. The lowest BCUT2D eigenvalue weighted by atomic mass is 10.1. The molecule has 0 heterocycles. The highest BCUT2D eigenvalue weighted by molar-refractivity contribution is 4.81. The van der Waals surface area contributed by atoms with E-state index in [1.54, 1.807) is 14.2 Å². The summed E-state index contributed by atoms with van der Waals surface area (Å²) in [5, 5.41) is 0. The summed E-state index contributed by atoms with van der Waals surface area (Å²) in [5.41, 5.74) is 0. The van der Waals surface area contributed by atoms with Crippen molar-refractivity contribution >= 4 is 0 Å². The summed E-state index contributed by atoms with van der Waals surface area (Å²) < 4.78 is 10.4. The maximum Gasteiger partial charge on any atom is 0.156 e. The van der Waals surface area contributed by atoms with E-state index in [4.69, 9.17) is 9.47 Å². The number of ether oxygens (including phenoxy) is 2. The molecule has 22 heavy (non-hydrogen) atoms. The highest BCUT2D eigenvalue weighted by atomic mass is 16.7. The molecule has 0 spiro atoms. The van der Waals surface area contributed by atoms with Gasteiger partial charge in [0.2, 0.25) is 0 Å². The third-order valence-corrected chi connectivity index (χ3v) is 4.23. The van der Waals surface area contributed by atoms with Gasteiger partial charge < -0.3 is 9.47 Å². The van der Waals surface area contributed by atoms with Crippen molar-refractivity contribution in [2.24, 2.45) is 0 Å². The molecule has 0 fully saturated rings. The lowest BCUT2D eigenvalue weighted by Gasteiger charge is -2.12. The lowest BCUT2D eigenvalue weighted by Crippen LogP contribution is -2.12. The highest BCUT2D eigenvalue weighted by Crippen LogP contribution is 2.12. The Hall–Kier alpha value is -0.340. The van der Waals surface area contributed by atoms with Crippen LogP contribution in [0.3, 0.4) is 0 Å². The molecule has 0 unspecified atom stereocenters. The van der Waals surface area contributed by atoms with Crippen molar-refractivity contribution in [3.05, 3.63) is 12.2 Å². The van der Waals surface area contributed by atoms with Crippen molar-refractivity contribution in [3.8, 4) is 0 Å². The van der Waals surface area contributed by atoms with Gasteiger partial charge in [-0.25, -0.2) is 0 Å². The Kier molecular flexibility index (Phi) is 18.4. The summed E-state index contributed by atoms with van der Waals surface area (Å²) in [7, 11) is 3.43. The van der Waals surface area contributed by atoms with Gasteiger partial charge in [0.25, 0.3) is 0 Å². The van der Waals surface area contributed by atoms with Gasteiger partial charge >= 0.3 is 0 Å². The van der Waals surface area contributed by atoms with E-state index in [-0.39, 0.29) is 6.29 Å². The molecule has 2 nitrogen and oxygen atoms in total. The number of methoxy groups -OCH3 is 2. The first-order valence-corrected chi connectivity index (χ1v) is 9.55. The zero-order chi connectivity index (χ0) is 16.3. The monoisotopic (exact) mass is 312 g/mol. The van der Waals surface area contributed by atoms with E-state index in [0.29, 0.717) is 0 Å². The normalized spacial score (nSPS) is 11.8. The average molecular weight is 313 g/mol. The van der Waals surface area contributed by atoms with Crippen LogP contribution in [0.25, 0.3) is 0 Å². The van der Waals surface area contributed by atoms with Crippen LogP contribution in [0.5, 0.6) is 0 Å². The van der Waals surface area contributed by atoms with Crippen molar-refractivity contribution in [2.75, 3.05) is 14.2 Å². The van der Waals surface area contributed by atoms with Crippen molar-refractivity contribution in [1.29, 1.82) is 0 Å². The van der Waals surface area contributed by atoms with E-state index >= 15 is 0 Å². The van der Waals surface area contributed by atoms with Crippen LogP contribution in [0.1, 0.15) is 96.8 Å². The highest BCUT2D eigenvalue weighted by Gasteiger charge is 2.03. The average Bonchev–Trinajstić information content (AvgIpc) is 2.55. The molecular weight excluding hydrogens is 272 g/mol. The molecule has 0 aliphatic rings. The second kappa shape index (κ2) is 18.7. The van der Waals surface area contributed by atoms with Gasteiger partial charge in [0.15, 0.2) is 6.29 Å². The molecule has 0 aromatic carbocycles. The van der Waals surface area contributed by atoms with Crippen LogP contribution < -0.4 is 0 Å². The summed E-state index contributed by atoms with van der Waals surface area (Å²) in [6.07, 6.45) is 23.3. The number of allylic oxidation sites excluding steroid dienone is 2. The van der Waals surface area contributed by atoms with Crippen LogP contribution in [-0.2, 0) is 9.47 Å². The van der Waals surface area contributed by atoms with Crippen LogP contribution >= 0.6 is 0 Å². The Labute approximate surface area is 139 Å². The van der Waals surface area contributed by atoms with E-state index in [0.717, 1.165) is 6.42 Å². The van der Waals surface area contributed by atoms with E-state index in [9.17, 15) is 0 Å². The van der Waals surface area contributed by atoms with Crippen molar-refractivity contribution < 1.29 is 9.47 Å². The Bertz CT molecular complexity index is 222. The van der Waals surface area contributed by atoms with Crippen molar-refractivity contribution in [1.82, 2.24) is 0 Å². The minimum absolute atomic E-state index is 0.00578. The van der Waals surface area contributed by atoms with E-state index in [2.05, 4.69) is 19.1 Å². The number of hydrogen-bond acceptors (Lipinski definition) is 2. The Morgan fingerprint density at radius 3 is 1.59 bits per heavy atom. The predicted molar refractivity (Wildman–Crippen MR) is 97.3 cm³/mol. The van der Waals surface area contributed by atoms with Crippen LogP contribution in [0.2, 0.25) is 0 Å². The molecule has 132 valence electrons. The predicted octanol–water partition coefficient (Wildman–Crippen LogP) is 6.64. The maximum absolute atomic E-state index is 5.19. The minimum Gasteiger partial charge on any atom is -0.356 e. The molecule has 0 aromatic rings. The van der Waals surface area contributed by atoms with Gasteiger partial charge in [-0.05, 0) is 38.5 Å². The molecule has 0 atom stereocenters. The van der Waals surface area contributed by atoms with Gasteiger partial charge in [-0.2, -0.15) is 0 Å². The third kappa shape index (κ3) is 16.0. The number of hydrogen-bond donors (Lipinski definition) is 0. The second-order valence-corrected chi connectivity index (χ2v) is 6.27. The molecule has 0 aliphatic heterocycles. The molecule has 2 heteroatoms. The largest absolute Gasteiger partial charge is 0.356 e. The summed E-state index contributed by atoms with van der Waals surface area (Å²) in [6, 6.07) is 0. The number of rotatable bonds is 17. The molecule has 0 rings (SSSR count). The zero-order valence-corrected chi connectivity index (χ0v) is 15.4. The van der Waals surface area contributed by atoms with Crippen LogP contribution in [0, 0.1) is 0 Å². The SMILES string of the molecule is CCCCCCC=CCCCCCCCCCC(OC)OC. The van der Waals surface area contributed by atoms with Crippen LogP contribution in [0.15, 0.2) is 12.2 Å². The Morgan fingerprint density at radius 1 is 0.636 bits per heavy atom. The van der Waals surface area contributed by atoms with Gasteiger partial charge in [0, 0.05) is 14.2 Å². The molecule has 0 saturated heterocycles. The van der Waals surface area contributed by atoms with E-state index in [1.165, 1.54) is 83.5 Å². The zero-order valence-electron chi connectivity index (χ0n) is 15.4. The van der Waals surface area contributed by atoms with Gasteiger partial charge in [0.1, 0.15) is 0 Å². The van der Waals surface area contributed by atoms with E-state index in [1.807, 2.05) is 0 Å². The smallest absolute Gasteiger partial charge is 0.156 e. The summed E-state index contributed by atoms with van der Waals surface area (Å²) in [6.45, 7) is 2.27. The molecule has 0 N–H and O–H groups in total. The second-order valence-electron chi connectivity index (χ2n) is 6.27. The van der Waals surface area contributed by atoms with Crippen molar-refractivity contribution in [3.63, 3.8) is 0 Å². The minimum atomic E-state index is -0.00578. The molecule has 0 bridgehead atoms. The Balaban J connectivity index is 3.12. The first kappa shape index (κ1) is 21.7. The summed E-state index contributed by atoms with van der Waals surface area (Å²) in [4.78, 5) is 0. The summed E-state index contributed by atoms with van der Waals surface area (Å²) in [5.74, 6) is 0. The van der Waals surface area contributed by atoms with Gasteiger partial charge in [-0.15, -0.1) is 0 Å². The molecule has 0 aliphatic carbocycles. The molecule has 0 amide bonds. The first-order chi connectivity index (χ1) is 10.8. The molecule has 0 aromatic heterocycles. The Morgan fingerprint density at radius 2 is 1.09 bits per heavy atom. The lowest BCUT2D eigenvalue weighted by molar-refractivity contribution is -0.107. The maximum atomic E-state index is 5.19. The standard InChI is InChI=1S/C20H40O2/c1-4-5-6-7-8-9-10-11-12-13-14-15-16-17-18-19-20(21-2)22-3/h9-10,20H,4-8,11-19H2,1-3H3. The fourth-order valence-electron chi connectivity index (χ4n) is 2.71. The van der Waals surface area contributed by atoms with Crippen LogP contribution in [0.4, 0.5) is 0 Å². The summed E-state index contributed by atoms with van der Waals surface area (Å²) >= 11 is 0. The van der Waals surface area contributed by atoms with Gasteiger partial charge in [-0.1, -0.05) is 70.4 Å². The quantitative estimate of drug-likeness (QED) is 0.170. The molecule has 0 radical (unpaired) electrons. The third-order valence-electron chi connectivity index (χ3n) is 4.23. The fraction of sp³-hybridized carbons (Fsp3) is 0.900. The fourth-order valence-corrected chi connectivity index (χ4v) is 2.71. The van der Waals surface area contributed by atoms with Crippen LogP contribution in [-0.4, -0.2) is 20.5 Å². The van der Waals surface area contributed by atoms with Gasteiger partial charge in [-0.3, -0.25) is 0 Å². The van der Waals surface area contributed by atoms with Crippen molar-refractivity contribution in [2.45, 2.75) is 103 Å². The number of unbranched alkanes of at least 4 members (excludes halogenated alkanes) is 11. The van der Waals surface area contributed by atoms with E-state index < -0.39 is 0 Å². The van der Waals surface area contributed by atoms with Gasteiger partial charge in [0.05, 0.1) is 0 Å². The first-order valence-electron chi connectivity index (χ1n) is 9.55. The topological polar surface area (TPSA) is 18.5 Å².